The summed E-state index contributed by atoms with van der Waals surface area (Å²) in [5.41, 5.74) is -0.406. The van der Waals surface area contributed by atoms with Crippen LogP contribution in [0.25, 0.3) is 0 Å². The SMILES string of the molecule is CC(C)C[C@H](NC(=O)CCN1C(=O)C=CC1=O)C(=O)N[C@@H](Cc1ccccc1)C(=O)OCCOC(=O)c1cccc(S(=O)(=O)NC(=O)C(C)(C)C)c1. The van der Waals surface area contributed by atoms with E-state index in [9.17, 15) is 42.0 Å². The van der Waals surface area contributed by atoms with Gasteiger partial charge < -0.3 is 20.1 Å². The number of nitrogens with one attached hydrogen (secondary N) is 3. The van der Waals surface area contributed by atoms with Crippen LogP contribution in [0, 0.1) is 11.3 Å². The number of rotatable bonds is 17. The van der Waals surface area contributed by atoms with Crippen LogP contribution in [0.4, 0.5) is 0 Å². The third-order valence-corrected chi connectivity index (χ3v) is 8.88. The number of ether oxygens (including phenoxy) is 2. The van der Waals surface area contributed by atoms with E-state index in [0.29, 0.717) is 5.56 Å². The summed E-state index contributed by atoms with van der Waals surface area (Å²) in [6.45, 7) is 7.36. The second kappa shape index (κ2) is 18.2. The number of benzene rings is 2. The van der Waals surface area contributed by atoms with Crippen LogP contribution in [0.1, 0.15) is 63.4 Å². The molecule has 1 heterocycles. The van der Waals surface area contributed by atoms with Gasteiger partial charge in [-0.1, -0.05) is 71.0 Å². The van der Waals surface area contributed by atoms with Crippen LogP contribution in [-0.2, 0) is 54.7 Å². The molecule has 2 aromatic rings. The maximum absolute atomic E-state index is 13.5. The summed E-state index contributed by atoms with van der Waals surface area (Å²) >= 11 is 0. The Morgan fingerprint density at radius 2 is 1.46 bits per heavy atom. The predicted octanol–water partition coefficient (Wildman–Crippen LogP) is 1.81. The molecule has 15 nitrogen and oxygen atoms in total. The normalized spacial score (nSPS) is 14.1. The number of carbonyl (C=O) groups is 7. The fourth-order valence-corrected chi connectivity index (χ4v) is 5.94. The van der Waals surface area contributed by atoms with Gasteiger partial charge in [0.15, 0.2) is 0 Å². The van der Waals surface area contributed by atoms with Crippen molar-refractivity contribution in [2.75, 3.05) is 19.8 Å². The molecule has 0 aromatic heterocycles. The van der Waals surface area contributed by atoms with Crippen LogP contribution >= 0.6 is 0 Å². The number of sulfonamides is 1. The molecule has 3 N–H and O–H groups in total. The van der Waals surface area contributed by atoms with Crippen molar-refractivity contribution >= 4 is 51.5 Å². The zero-order chi connectivity index (χ0) is 38.6. The van der Waals surface area contributed by atoms with E-state index in [-0.39, 0.29) is 42.2 Å². The molecule has 0 saturated carbocycles. The fraction of sp³-hybridized carbons (Fsp3) is 0.417. The molecule has 2 atom stereocenters. The van der Waals surface area contributed by atoms with Gasteiger partial charge in [0.05, 0.1) is 10.5 Å². The first-order valence-electron chi connectivity index (χ1n) is 16.6. The number of imide groups is 1. The lowest BCUT2D eigenvalue weighted by molar-refractivity contribution is -0.149. The van der Waals surface area contributed by atoms with Crippen LogP contribution in [0.5, 0.6) is 0 Å². The second-order valence-corrected chi connectivity index (χ2v) is 15.1. The van der Waals surface area contributed by atoms with Crippen LogP contribution in [0.3, 0.4) is 0 Å². The molecule has 0 aliphatic carbocycles. The van der Waals surface area contributed by atoms with Crippen molar-refractivity contribution in [3.05, 3.63) is 77.9 Å². The lowest BCUT2D eigenvalue weighted by Gasteiger charge is -2.24. The summed E-state index contributed by atoms with van der Waals surface area (Å²) in [6, 6.07) is 11.4. The summed E-state index contributed by atoms with van der Waals surface area (Å²) < 4.78 is 37.9. The van der Waals surface area contributed by atoms with Crippen LogP contribution < -0.4 is 15.4 Å². The van der Waals surface area contributed by atoms with Gasteiger partial charge in [-0.05, 0) is 36.1 Å². The molecule has 0 fully saturated rings. The Labute approximate surface area is 302 Å². The molecule has 2 aromatic carbocycles. The van der Waals surface area contributed by atoms with Crippen molar-refractivity contribution in [1.29, 1.82) is 0 Å². The minimum atomic E-state index is -4.27. The predicted molar refractivity (Wildman–Crippen MR) is 186 cm³/mol. The molecule has 3 rings (SSSR count). The fourth-order valence-electron chi connectivity index (χ4n) is 4.73. The maximum atomic E-state index is 13.5. The monoisotopic (exact) mass is 740 g/mol. The minimum absolute atomic E-state index is 0.0345. The summed E-state index contributed by atoms with van der Waals surface area (Å²) in [5, 5.41) is 5.29. The van der Waals surface area contributed by atoms with Gasteiger partial charge in [0.25, 0.3) is 21.8 Å². The zero-order valence-electron chi connectivity index (χ0n) is 29.7. The molecule has 0 unspecified atom stereocenters. The number of carbonyl (C=O) groups excluding carboxylic acids is 7. The Morgan fingerprint density at radius 1 is 0.827 bits per heavy atom. The van der Waals surface area contributed by atoms with Gasteiger partial charge in [0.2, 0.25) is 17.7 Å². The van der Waals surface area contributed by atoms with E-state index >= 15 is 0 Å². The average molecular weight is 741 g/mol. The average Bonchev–Trinajstić information content (AvgIpc) is 3.40. The molecule has 5 amide bonds. The van der Waals surface area contributed by atoms with Gasteiger partial charge in [-0.3, -0.25) is 28.9 Å². The van der Waals surface area contributed by atoms with E-state index in [4.69, 9.17) is 9.47 Å². The van der Waals surface area contributed by atoms with E-state index < -0.39 is 82.2 Å². The molecule has 280 valence electrons. The first kappa shape index (κ1) is 41.0. The Balaban J connectivity index is 1.62. The molecular formula is C36H44N4O11S. The van der Waals surface area contributed by atoms with Gasteiger partial charge in [-0.15, -0.1) is 0 Å². The molecular weight excluding hydrogens is 696 g/mol. The number of amides is 5. The Kier molecular flexibility index (Phi) is 14.4. The third kappa shape index (κ3) is 12.4. The summed E-state index contributed by atoms with van der Waals surface area (Å²) in [6.07, 6.45) is 2.24. The van der Waals surface area contributed by atoms with Gasteiger partial charge in [-0.2, -0.15) is 0 Å². The smallest absolute Gasteiger partial charge is 0.338 e. The van der Waals surface area contributed by atoms with Gasteiger partial charge in [0.1, 0.15) is 25.3 Å². The van der Waals surface area contributed by atoms with E-state index in [2.05, 4.69) is 10.6 Å². The number of esters is 2. The van der Waals surface area contributed by atoms with Crippen molar-refractivity contribution in [2.24, 2.45) is 11.3 Å². The van der Waals surface area contributed by atoms with Crippen molar-refractivity contribution in [1.82, 2.24) is 20.3 Å². The molecule has 1 aliphatic heterocycles. The Bertz CT molecular complexity index is 1780. The Hall–Kier alpha value is -5.38. The van der Waals surface area contributed by atoms with Crippen molar-refractivity contribution in [3.63, 3.8) is 0 Å². The van der Waals surface area contributed by atoms with E-state index in [1.54, 1.807) is 51.1 Å². The highest BCUT2D eigenvalue weighted by Crippen LogP contribution is 2.17. The highest BCUT2D eigenvalue weighted by Gasteiger charge is 2.30. The lowest BCUT2D eigenvalue weighted by atomic mass is 9.96. The van der Waals surface area contributed by atoms with Crippen LogP contribution in [0.15, 0.2) is 71.6 Å². The van der Waals surface area contributed by atoms with E-state index in [1.807, 2.05) is 18.6 Å². The largest absolute Gasteiger partial charge is 0.461 e. The first-order chi connectivity index (χ1) is 24.4. The van der Waals surface area contributed by atoms with Crippen molar-refractivity contribution in [2.45, 2.75) is 70.9 Å². The standard InChI is InChI=1S/C36H44N4O11S/c1-23(2)20-27(37-29(41)16-17-40-30(42)14-15-31(40)43)32(44)38-28(21-24-10-7-6-8-11-24)34(46)51-19-18-50-33(45)25-12-9-13-26(22-25)52(48,49)39-35(47)36(3,4)5/h6-15,22-23,27-28H,16-21H2,1-5H3,(H,37,41)(H,38,44)(H,39,47)/t27-,28-/m0/s1. The van der Waals surface area contributed by atoms with Crippen LogP contribution in [0.2, 0.25) is 0 Å². The van der Waals surface area contributed by atoms with Gasteiger partial charge in [-0.25, -0.2) is 22.7 Å². The van der Waals surface area contributed by atoms with Gasteiger partial charge in [0, 0.05) is 37.0 Å². The highest BCUT2D eigenvalue weighted by atomic mass is 32.2. The molecule has 52 heavy (non-hydrogen) atoms. The number of hydrogen-bond acceptors (Lipinski definition) is 11. The number of hydrogen-bond donors (Lipinski definition) is 3. The summed E-state index contributed by atoms with van der Waals surface area (Å²) in [7, 11) is -4.27. The molecule has 1 aliphatic rings. The van der Waals surface area contributed by atoms with Gasteiger partial charge >= 0.3 is 11.9 Å². The summed E-state index contributed by atoms with van der Waals surface area (Å²) in [4.78, 5) is 88.6. The van der Waals surface area contributed by atoms with Crippen molar-refractivity contribution < 1.29 is 51.5 Å². The molecule has 0 bridgehead atoms. The third-order valence-electron chi connectivity index (χ3n) is 7.55. The highest BCUT2D eigenvalue weighted by molar-refractivity contribution is 7.90. The second-order valence-electron chi connectivity index (χ2n) is 13.4. The Morgan fingerprint density at radius 3 is 2.08 bits per heavy atom. The quantitative estimate of drug-likeness (QED) is 0.121. The van der Waals surface area contributed by atoms with Crippen molar-refractivity contribution in [3.8, 4) is 0 Å². The molecule has 16 heteroatoms. The molecule has 0 radical (unpaired) electrons. The molecule has 0 saturated heterocycles. The van der Waals surface area contributed by atoms with E-state index in [1.165, 1.54) is 18.2 Å². The minimum Gasteiger partial charge on any atom is -0.461 e. The molecule has 0 spiro atoms. The maximum Gasteiger partial charge on any atom is 0.338 e. The lowest BCUT2D eigenvalue weighted by Crippen LogP contribution is -2.53. The van der Waals surface area contributed by atoms with E-state index in [0.717, 1.165) is 23.1 Å². The number of nitrogens with zero attached hydrogens (tertiary/aromatic N) is 1. The summed E-state index contributed by atoms with van der Waals surface area (Å²) in [5.74, 6) is -4.82. The topological polar surface area (TPSA) is 211 Å². The first-order valence-corrected chi connectivity index (χ1v) is 18.0. The van der Waals surface area contributed by atoms with Crippen LogP contribution in [-0.4, -0.2) is 86.6 Å². The zero-order valence-corrected chi connectivity index (χ0v) is 30.5.